The van der Waals surface area contributed by atoms with Gasteiger partial charge in [-0.25, -0.2) is 9.97 Å². The summed E-state index contributed by atoms with van der Waals surface area (Å²) in [5, 5.41) is 1.72. The second-order valence-corrected chi connectivity index (χ2v) is 5.11. The van der Waals surface area contributed by atoms with Gasteiger partial charge in [0.25, 0.3) is 5.56 Å². The Bertz CT molecular complexity index is 854. The van der Waals surface area contributed by atoms with Gasteiger partial charge in [-0.3, -0.25) is 9.36 Å². The summed E-state index contributed by atoms with van der Waals surface area (Å²) in [5.74, 6) is 0.398. The topological polar surface area (TPSA) is 47.8 Å². The monoisotopic (exact) mass is 305 g/mol. The number of fused-ring (bicyclic) bond motifs is 1. The zero-order valence-electron chi connectivity index (χ0n) is 10.5. The summed E-state index contributed by atoms with van der Waals surface area (Å²) in [5.41, 5.74) is 0.972. The normalized spacial score (nSPS) is 10.9. The Morgan fingerprint density at radius 2 is 1.80 bits per heavy atom. The number of nitrogens with zero attached hydrogens (tertiary/aromatic N) is 3. The molecule has 0 aliphatic rings. The van der Waals surface area contributed by atoms with Crippen molar-refractivity contribution < 1.29 is 0 Å². The van der Waals surface area contributed by atoms with E-state index in [1.807, 2.05) is 0 Å². The van der Waals surface area contributed by atoms with Crippen LogP contribution in [0.5, 0.6) is 0 Å². The van der Waals surface area contributed by atoms with E-state index in [-0.39, 0.29) is 5.56 Å². The summed E-state index contributed by atoms with van der Waals surface area (Å²) in [6, 6.07) is 8.37. The SMILES string of the molecule is Cn1c(=O)ccc2cnc(-c3c(Cl)cccc3Cl)nc21. The molecule has 0 N–H and O–H groups in total. The van der Waals surface area contributed by atoms with Gasteiger partial charge in [0.05, 0.1) is 15.6 Å². The Kier molecular flexibility index (Phi) is 3.20. The summed E-state index contributed by atoms with van der Waals surface area (Å²) in [4.78, 5) is 20.3. The van der Waals surface area contributed by atoms with Crippen molar-refractivity contribution in [2.75, 3.05) is 0 Å². The number of hydrogen-bond acceptors (Lipinski definition) is 3. The van der Waals surface area contributed by atoms with E-state index in [4.69, 9.17) is 23.2 Å². The van der Waals surface area contributed by atoms with Crippen molar-refractivity contribution in [3.63, 3.8) is 0 Å². The summed E-state index contributed by atoms with van der Waals surface area (Å²) >= 11 is 12.3. The second-order valence-electron chi connectivity index (χ2n) is 4.30. The van der Waals surface area contributed by atoms with Crippen LogP contribution in [0.2, 0.25) is 10.0 Å². The molecule has 0 bridgehead atoms. The molecule has 2 heterocycles. The molecule has 0 radical (unpaired) electrons. The van der Waals surface area contributed by atoms with Crippen LogP contribution in [0, 0.1) is 0 Å². The molecule has 100 valence electrons. The van der Waals surface area contributed by atoms with E-state index in [1.54, 1.807) is 37.5 Å². The van der Waals surface area contributed by atoms with Crippen LogP contribution in [-0.2, 0) is 7.05 Å². The van der Waals surface area contributed by atoms with Gasteiger partial charge in [-0.15, -0.1) is 0 Å². The summed E-state index contributed by atoms with van der Waals surface area (Å²) in [6.07, 6.45) is 1.65. The average Bonchev–Trinajstić information content (AvgIpc) is 2.43. The highest BCUT2D eigenvalue weighted by molar-refractivity contribution is 6.39. The van der Waals surface area contributed by atoms with Crippen LogP contribution in [0.15, 0.2) is 41.3 Å². The highest BCUT2D eigenvalue weighted by atomic mass is 35.5. The van der Waals surface area contributed by atoms with Gasteiger partial charge >= 0.3 is 0 Å². The molecule has 0 aliphatic heterocycles. The fraction of sp³-hybridized carbons (Fsp3) is 0.0714. The Morgan fingerprint density at radius 3 is 2.50 bits per heavy atom. The van der Waals surface area contributed by atoms with Crippen LogP contribution in [0.4, 0.5) is 0 Å². The first kappa shape index (κ1) is 13.1. The van der Waals surface area contributed by atoms with E-state index in [1.165, 1.54) is 10.6 Å². The van der Waals surface area contributed by atoms with Gasteiger partial charge in [0.2, 0.25) is 0 Å². The standard InChI is InChI=1S/C14H9Cl2N3O/c1-19-11(20)6-5-8-7-17-13(18-14(8)19)12-9(15)3-2-4-10(12)16/h2-7H,1H3. The Balaban J connectivity index is 2.33. The number of rotatable bonds is 1. The minimum atomic E-state index is -0.132. The highest BCUT2D eigenvalue weighted by Gasteiger charge is 2.12. The highest BCUT2D eigenvalue weighted by Crippen LogP contribution is 2.32. The number of halogens is 2. The molecule has 0 atom stereocenters. The zero-order valence-corrected chi connectivity index (χ0v) is 12.0. The van der Waals surface area contributed by atoms with Gasteiger partial charge in [-0.2, -0.15) is 0 Å². The third-order valence-electron chi connectivity index (χ3n) is 3.04. The molecule has 0 amide bonds. The lowest BCUT2D eigenvalue weighted by atomic mass is 10.2. The number of aryl methyl sites for hydroxylation is 1. The first-order valence-electron chi connectivity index (χ1n) is 5.85. The van der Waals surface area contributed by atoms with Gasteiger partial charge in [0, 0.05) is 24.7 Å². The molecule has 0 aliphatic carbocycles. The number of aromatic nitrogens is 3. The molecule has 0 saturated heterocycles. The van der Waals surface area contributed by atoms with Crippen LogP contribution < -0.4 is 5.56 Å². The molecule has 0 spiro atoms. The molecule has 1 aromatic carbocycles. The van der Waals surface area contributed by atoms with Crippen LogP contribution in [-0.4, -0.2) is 14.5 Å². The van der Waals surface area contributed by atoms with E-state index >= 15 is 0 Å². The molecule has 4 nitrogen and oxygen atoms in total. The number of benzene rings is 1. The quantitative estimate of drug-likeness (QED) is 0.693. The van der Waals surface area contributed by atoms with Crippen molar-refractivity contribution in [3.8, 4) is 11.4 Å². The molecular weight excluding hydrogens is 297 g/mol. The molecule has 0 fully saturated rings. The van der Waals surface area contributed by atoms with Crippen LogP contribution in [0.3, 0.4) is 0 Å². The largest absolute Gasteiger partial charge is 0.296 e. The van der Waals surface area contributed by atoms with Gasteiger partial charge in [0.1, 0.15) is 5.65 Å². The minimum absolute atomic E-state index is 0.132. The molecule has 3 aromatic rings. The minimum Gasteiger partial charge on any atom is -0.296 e. The Hall–Kier alpha value is -1.91. The fourth-order valence-electron chi connectivity index (χ4n) is 1.98. The van der Waals surface area contributed by atoms with Gasteiger partial charge in [-0.05, 0) is 18.2 Å². The van der Waals surface area contributed by atoms with Crippen molar-refractivity contribution in [1.82, 2.24) is 14.5 Å². The molecule has 6 heteroatoms. The fourth-order valence-corrected chi connectivity index (χ4v) is 2.54. The zero-order chi connectivity index (χ0) is 14.3. The smallest absolute Gasteiger partial charge is 0.251 e. The van der Waals surface area contributed by atoms with Crippen LogP contribution in [0.1, 0.15) is 0 Å². The van der Waals surface area contributed by atoms with E-state index in [0.29, 0.717) is 27.1 Å². The maximum absolute atomic E-state index is 11.7. The predicted octanol–water partition coefficient (Wildman–Crippen LogP) is 3.30. The van der Waals surface area contributed by atoms with Gasteiger partial charge in [0.15, 0.2) is 5.82 Å². The maximum Gasteiger partial charge on any atom is 0.251 e. The Morgan fingerprint density at radius 1 is 1.10 bits per heavy atom. The van der Waals surface area contributed by atoms with Gasteiger partial charge < -0.3 is 0 Å². The van der Waals surface area contributed by atoms with Crippen molar-refractivity contribution in [1.29, 1.82) is 0 Å². The molecule has 20 heavy (non-hydrogen) atoms. The molecule has 0 saturated carbocycles. The second kappa shape index (κ2) is 4.89. The van der Waals surface area contributed by atoms with Crippen LogP contribution >= 0.6 is 23.2 Å². The summed E-state index contributed by atoms with van der Waals surface area (Å²) < 4.78 is 1.46. The summed E-state index contributed by atoms with van der Waals surface area (Å²) in [7, 11) is 1.66. The molecule has 0 unspecified atom stereocenters. The Labute approximate surface area is 124 Å². The van der Waals surface area contributed by atoms with E-state index < -0.39 is 0 Å². The van der Waals surface area contributed by atoms with Crippen molar-refractivity contribution >= 4 is 34.2 Å². The average molecular weight is 306 g/mol. The molecule has 3 rings (SSSR count). The molecular formula is C14H9Cl2N3O. The third-order valence-corrected chi connectivity index (χ3v) is 3.67. The van der Waals surface area contributed by atoms with Crippen molar-refractivity contribution in [2.24, 2.45) is 7.05 Å². The number of pyridine rings is 1. The first-order chi connectivity index (χ1) is 9.58. The predicted molar refractivity (Wildman–Crippen MR) is 80.2 cm³/mol. The lowest BCUT2D eigenvalue weighted by Crippen LogP contribution is -2.16. The van der Waals surface area contributed by atoms with Crippen molar-refractivity contribution in [2.45, 2.75) is 0 Å². The lowest BCUT2D eigenvalue weighted by Gasteiger charge is -2.08. The van der Waals surface area contributed by atoms with E-state index in [2.05, 4.69) is 9.97 Å². The number of hydrogen-bond donors (Lipinski definition) is 0. The van der Waals surface area contributed by atoms with Crippen LogP contribution in [0.25, 0.3) is 22.4 Å². The maximum atomic E-state index is 11.7. The summed E-state index contributed by atoms with van der Waals surface area (Å²) in [6.45, 7) is 0. The van der Waals surface area contributed by atoms with E-state index in [0.717, 1.165) is 5.39 Å². The van der Waals surface area contributed by atoms with Crippen molar-refractivity contribution in [3.05, 3.63) is 56.9 Å². The third kappa shape index (κ3) is 2.07. The lowest BCUT2D eigenvalue weighted by molar-refractivity contribution is 0.885. The van der Waals surface area contributed by atoms with E-state index in [9.17, 15) is 4.79 Å². The first-order valence-corrected chi connectivity index (χ1v) is 6.60. The van der Waals surface area contributed by atoms with Gasteiger partial charge in [-0.1, -0.05) is 29.3 Å². The molecule has 2 aromatic heterocycles.